The molecule has 3 rings (SSSR count). The zero-order valence-corrected chi connectivity index (χ0v) is 11.6. The second-order valence-electron chi connectivity index (χ2n) is 5.49. The Morgan fingerprint density at radius 2 is 2.32 bits per heavy atom. The Hall–Kier alpha value is -1.13. The molecule has 0 aromatic carbocycles. The molecule has 1 aliphatic heterocycles. The van der Waals surface area contributed by atoms with Crippen LogP contribution < -0.4 is 5.32 Å². The first kappa shape index (κ1) is 12.9. The minimum atomic E-state index is 0.456. The minimum absolute atomic E-state index is 0.456. The van der Waals surface area contributed by atoms with Crippen molar-refractivity contribution in [1.82, 2.24) is 9.88 Å². The van der Waals surface area contributed by atoms with Gasteiger partial charge in [0, 0.05) is 37.9 Å². The molecule has 104 valence electrons. The number of rotatable bonds is 3. The van der Waals surface area contributed by atoms with Crippen molar-refractivity contribution in [3.05, 3.63) is 23.9 Å². The summed E-state index contributed by atoms with van der Waals surface area (Å²) in [5, 5.41) is 3.19. The molecule has 0 bridgehead atoms. The van der Waals surface area contributed by atoms with E-state index in [0.29, 0.717) is 12.1 Å². The molecule has 2 heterocycles. The number of pyridine rings is 1. The van der Waals surface area contributed by atoms with Gasteiger partial charge in [-0.25, -0.2) is 4.98 Å². The molecule has 1 saturated heterocycles. The Kier molecular flexibility index (Phi) is 3.99. The number of hydrogen-bond donors (Lipinski definition) is 1. The second kappa shape index (κ2) is 5.88. The molecular weight excluding hydrogens is 238 g/mol. The maximum Gasteiger partial charge on any atom is 0.130 e. The molecule has 2 atom stereocenters. The van der Waals surface area contributed by atoms with Crippen molar-refractivity contribution in [2.24, 2.45) is 0 Å². The van der Waals surface area contributed by atoms with Crippen LogP contribution in [0, 0.1) is 0 Å². The fraction of sp³-hybridized carbons (Fsp3) is 0.667. The summed E-state index contributed by atoms with van der Waals surface area (Å²) in [6.07, 6.45) is 7.47. The van der Waals surface area contributed by atoms with Crippen LogP contribution in [0.1, 0.15) is 31.2 Å². The number of aromatic nitrogens is 1. The number of nitrogens with one attached hydrogen (secondary N) is 1. The number of fused-ring (bicyclic) bond motifs is 1. The van der Waals surface area contributed by atoms with E-state index in [2.05, 4.69) is 21.3 Å². The van der Waals surface area contributed by atoms with Gasteiger partial charge in [0.05, 0.1) is 12.7 Å². The normalized spacial score (nSPS) is 27.8. The molecule has 0 spiro atoms. The highest BCUT2D eigenvalue weighted by atomic mass is 16.5. The first-order valence-corrected chi connectivity index (χ1v) is 7.36. The Labute approximate surface area is 115 Å². The predicted molar refractivity (Wildman–Crippen MR) is 76.2 cm³/mol. The van der Waals surface area contributed by atoms with E-state index in [1.807, 2.05) is 19.3 Å². The van der Waals surface area contributed by atoms with E-state index in [1.54, 1.807) is 0 Å². The van der Waals surface area contributed by atoms with Gasteiger partial charge in [0.2, 0.25) is 0 Å². The predicted octanol–water partition coefficient (Wildman–Crippen LogP) is 2.27. The van der Waals surface area contributed by atoms with Gasteiger partial charge in [-0.15, -0.1) is 0 Å². The number of anilines is 1. The topological polar surface area (TPSA) is 37.4 Å². The smallest absolute Gasteiger partial charge is 0.130 e. The summed E-state index contributed by atoms with van der Waals surface area (Å²) in [5.74, 6) is 1.00. The summed E-state index contributed by atoms with van der Waals surface area (Å²) >= 11 is 0. The van der Waals surface area contributed by atoms with E-state index in [9.17, 15) is 0 Å². The summed E-state index contributed by atoms with van der Waals surface area (Å²) < 4.78 is 5.93. The van der Waals surface area contributed by atoms with E-state index in [1.165, 1.54) is 31.2 Å². The van der Waals surface area contributed by atoms with Crippen molar-refractivity contribution < 1.29 is 4.74 Å². The van der Waals surface area contributed by atoms with E-state index < -0.39 is 0 Å². The largest absolute Gasteiger partial charge is 0.375 e. The molecule has 2 unspecified atom stereocenters. The molecule has 1 aromatic heterocycles. The molecule has 19 heavy (non-hydrogen) atoms. The van der Waals surface area contributed by atoms with Gasteiger partial charge in [-0.3, -0.25) is 4.90 Å². The van der Waals surface area contributed by atoms with Gasteiger partial charge in [-0.1, -0.05) is 18.9 Å². The second-order valence-corrected chi connectivity index (χ2v) is 5.49. The highest BCUT2D eigenvalue weighted by molar-refractivity contribution is 5.42. The molecule has 2 fully saturated rings. The van der Waals surface area contributed by atoms with Gasteiger partial charge in [0.1, 0.15) is 5.82 Å². The number of nitrogens with zero attached hydrogens (tertiary/aromatic N) is 2. The standard InChI is InChI=1S/C15H23N3O/c1-16-15-12(5-4-8-17-15)11-18-9-10-19-14-7-3-2-6-13(14)18/h4-5,8,13-14H,2-3,6-7,9-11H2,1H3,(H,16,17). The van der Waals surface area contributed by atoms with Crippen molar-refractivity contribution in [3.63, 3.8) is 0 Å². The maximum absolute atomic E-state index is 5.93. The Morgan fingerprint density at radius 3 is 3.21 bits per heavy atom. The minimum Gasteiger partial charge on any atom is -0.375 e. The Morgan fingerprint density at radius 1 is 1.42 bits per heavy atom. The van der Waals surface area contributed by atoms with Gasteiger partial charge in [0.15, 0.2) is 0 Å². The van der Waals surface area contributed by atoms with Gasteiger partial charge in [-0.05, 0) is 18.9 Å². The molecule has 2 aliphatic rings. The summed E-state index contributed by atoms with van der Waals surface area (Å²) in [4.78, 5) is 6.99. The van der Waals surface area contributed by atoms with E-state index in [0.717, 1.165) is 25.5 Å². The van der Waals surface area contributed by atoms with Crippen molar-refractivity contribution in [3.8, 4) is 0 Å². The lowest BCUT2D eigenvalue weighted by atomic mass is 9.90. The van der Waals surface area contributed by atoms with E-state index in [-0.39, 0.29) is 0 Å². The summed E-state index contributed by atoms with van der Waals surface area (Å²) in [7, 11) is 1.94. The highest BCUT2D eigenvalue weighted by Gasteiger charge is 2.34. The third-order valence-electron chi connectivity index (χ3n) is 4.35. The highest BCUT2D eigenvalue weighted by Crippen LogP contribution is 2.30. The van der Waals surface area contributed by atoms with Gasteiger partial charge >= 0.3 is 0 Å². The zero-order valence-electron chi connectivity index (χ0n) is 11.6. The summed E-state index contributed by atoms with van der Waals surface area (Å²) in [6.45, 7) is 2.89. The van der Waals surface area contributed by atoms with Crippen molar-refractivity contribution in [2.45, 2.75) is 44.4 Å². The summed E-state index contributed by atoms with van der Waals surface area (Å²) in [5.41, 5.74) is 1.29. The molecular formula is C15H23N3O. The van der Waals surface area contributed by atoms with Crippen LogP contribution in [-0.2, 0) is 11.3 Å². The molecule has 4 heteroatoms. The average molecular weight is 261 g/mol. The van der Waals surface area contributed by atoms with Crippen LogP contribution >= 0.6 is 0 Å². The van der Waals surface area contributed by atoms with Crippen LogP contribution in [0.3, 0.4) is 0 Å². The first-order chi connectivity index (χ1) is 9.38. The third kappa shape index (κ3) is 2.74. The van der Waals surface area contributed by atoms with Crippen molar-refractivity contribution in [1.29, 1.82) is 0 Å². The van der Waals surface area contributed by atoms with Crippen LogP contribution in [0.4, 0.5) is 5.82 Å². The van der Waals surface area contributed by atoms with Crippen LogP contribution in [0.2, 0.25) is 0 Å². The van der Waals surface area contributed by atoms with E-state index >= 15 is 0 Å². The summed E-state index contributed by atoms with van der Waals surface area (Å²) in [6, 6.07) is 4.80. The Balaban J connectivity index is 1.74. The maximum atomic E-state index is 5.93. The van der Waals surface area contributed by atoms with Crippen molar-refractivity contribution >= 4 is 5.82 Å². The fourth-order valence-electron chi connectivity index (χ4n) is 3.38. The molecule has 1 N–H and O–H groups in total. The van der Waals surface area contributed by atoms with Crippen LogP contribution in [0.15, 0.2) is 18.3 Å². The third-order valence-corrected chi connectivity index (χ3v) is 4.35. The zero-order chi connectivity index (χ0) is 13.1. The quantitative estimate of drug-likeness (QED) is 0.905. The number of hydrogen-bond acceptors (Lipinski definition) is 4. The molecule has 0 radical (unpaired) electrons. The van der Waals surface area contributed by atoms with E-state index in [4.69, 9.17) is 4.74 Å². The van der Waals surface area contributed by atoms with Crippen LogP contribution in [-0.4, -0.2) is 42.2 Å². The molecule has 4 nitrogen and oxygen atoms in total. The molecule has 1 aliphatic carbocycles. The monoisotopic (exact) mass is 261 g/mol. The molecule has 1 aromatic rings. The molecule has 0 amide bonds. The lowest BCUT2D eigenvalue weighted by Gasteiger charge is -2.44. The van der Waals surface area contributed by atoms with Gasteiger partial charge in [0.25, 0.3) is 0 Å². The SMILES string of the molecule is CNc1ncccc1CN1CCOC2CCCCC21. The first-order valence-electron chi connectivity index (χ1n) is 7.36. The van der Waals surface area contributed by atoms with Gasteiger partial charge < -0.3 is 10.1 Å². The number of morpholine rings is 1. The Bertz CT molecular complexity index is 422. The lowest BCUT2D eigenvalue weighted by molar-refractivity contribution is -0.0910. The fourth-order valence-corrected chi connectivity index (χ4v) is 3.38. The lowest BCUT2D eigenvalue weighted by Crippen LogP contribution is -2.52. The van der Waals surface area contributed by atoms with Gasteiger partial charge in [-0.2, -0.15) is 0 Å². The van der Waals surface area contributed by atoms with Crippen LogP contribution in [0.5, 0.6) is 0 Å². The molecule has 1 saturated carbocycles. The van der Waals surface area contributed by atoms with Crippen LogP contribution in [0.25, 0.3) is 0 Å². The van der Waals surface area contributed by atoms with Crippen molar-refractivity contribution in [2.75, 3.05) is 25.5 Å². The number of ether oxygens (including phenoxy) is 1. The average Bonchev–Trinajstić information content (AvgIpc) is 2.48.